The minimum Gasteiger partial charge on any atom is -0.378 e. The first-order chi connectivity index (χ1) is 18.0. The van der Waals surface area contributed by atoms with Gasteiger partial charge < -0.3 is 20.5 Å². The average Bonchev–Trinajstić information content (AvgIpc) is 3.34. The summed E-state index contributed by atoms with van der Waals surface area (Å²) in [6, 6.07) is 21.9. The Morgan fingerprint density at radius 2 is 1.86 bits per heavy atom. The van der Waals surface area contributed by atoms with Crippen molar-refractivity contribution in [3.63, 3.8) is 0 Å². The van der Waals surface area contributed by atoms with Gasteiger partial charge in [0.15, 0.2) is 0 Å². The van der Waals surface area contributed by atoms with E-state index >= 15 is 0 Å². The zero-order valence-corrected chi connectivity index (χ0v) is 21.3. The van der Waals surface area contributed by atoms with E-state index in [0.717, 1.165) is 47.2 Å². The second-order valence-corrected chi connectivity index (χ2v) is 10.0. The van der Waals surface area contributed by atoms with Crippen molar-refractivity contribution in [2.24, 2.45) is 0 Å². The zero-order chi connectivity index (χ0) is 25.5. The number of aromatic amines is 1. The van der Waals surface area contributed by atoms with Crippen molar-refractivity contribution in [1.29, 1.82) is 0 Å². The lowest BCUT2D eigenvalue weighted by atomic mass is 9.87. The minimum atomic E-state index is -0.294. The van der Waals surface area contributed by atoms with E-state index in [1.54, 1.807) is 12.1 Å². The van der Waals surface area contributed by atoms with Crippen LogP contribution in [0.1, 0.15) is 24.0 Å². The highest BCUT2D eigenvalue weighted by Gasteiger charge is 2.24. The summed E-state index contributed by atoms with van der Waals surface area (Å²) in [5.41, 5.74) is 5.66. The molecule has 5 aromatic rings. The van der Waals surface area contributed by atoms with Crippen LogP contribution in [-0.4, -0.2) is 40.9 Å². The van der Waals surface area contributed by atoms with Crippen molar-refractivity contribution in [2.75, 3.05) is 37.0 Å². The van der Waals surface area contributed by atoms with Gasteiger partial charge in [0, 0.05) is 29.2 Å². The van der Waals surface area contributed by atoms with Crippen LogP contribution in [0.15, 0.2) is 71.5 Å². The Labute approximate surface area is 219 Å². The van der Waals surface area contributed by atoms with E-state index in [4.69, 9.17) is 27.2 Å². The van der Waals surface area contributed by atoms with Crippen LogP contribution in [0.4, 0.5) is 5.69 Å². The van der Waals surface area contributed by atoms with Crippen LogP contribution in [0.25, 0.3) is 33.3 Å². The van der Waals surface area contributed by atoms with Gasteiger partial charge in [-0.3, -0.25) is 4.79 Å². The number of hydrogen-bond acceptors (Lipinski definition) is 5. The monoisotopic (exact) mass is 513 g/mol. The van der Waals surface area contributed by atoms with Crippen LogP contribution < -0.4 is 16.3 Å². The summed E-state index contributed by atoms with van der Waals surface area (Å²) in [6.07, 6.45) is 0.755. The van der Waals surface area contributed by atoms with E-state index in [9.17, 15) is 4.79 Å². The van der Waals surface area contributed by atoms with Crippen LogP contribution in [0, 0.1) is 0 Å². The minimum absolute atomic E-state index is 0.00406. The fraction of sp³-hybridized carbons (Fsp3) is 0.241. The van der Waals surface area contributed by atoms with Gasteiger partial charge in [-0.25, -0.2) is 9.66 Å². The Hall–Kier alpha value is -3.81. The number of imidazole rings is 1. The fourth-order valence-electron chi connectivity index (χ4n) is 5.36. The molecule has 6 rings (SSSR count). The number of ether oxygens (including phenoxy) is 1. The maximum atomic E-state index is 13.8. The Morgan fingerprint density at radius 3 is 2.65 bits per heavy atom. The SMILES string of the molecule is CC(Cc1ccccc1)c1c(-c2nc3ccc(N4CCOCC4)cc3[nH]2)c(=O)n(N)c2ccc(Cl)cc12. The highest BCUT2D eigenvalue weighted by Crippen LogP contribution is 2.35. The van der Waals surface area contributed by atoms with Gasteiger partial charge in [-0.2, -0.15) is 0 Å². The van der Waals surface area contributed by atoms with Crippen molar-refractivity contribution in [3.05, 3.63) is 93.2 Å². The number of nitrogen functional groups attached to an aromatic ring is 1. The highest BCUT2D eigenvalue weighted by molar-refractivity contribution is 6.31. The summed E-state index contributed by atoms with van der Waals surface area (Å²) in [4.78, 5) is 24.3. The van der Waals surface area contributed by atoms with Gasteiger partial charge in [0.25, 0.3) is 5.56 Å². The fourth-order valence-corrected chi connectivity index (χ4v) is 5.53. The molecule has 0 bridgehead atoms. The quantitative estimate of drug-likeness (QED) is 0.319. The zero-order valence-electron chi connectivity index (χ0n) is 20.6. The van der Waals surface area contributed by atoms with Gasteiger partial charge in [-0.15, -0.1) is 0 Å². The number of nitrogens with one attached hydrogen (secondary N) is 1. The van der Waals surface area contributed by atoms with E-state index in [1.807, 2.05) is 30.3 Å². The first-order valence-corrected chi connectivity index (χ1v) is 12.9. The van der Waals surface area contributed by atoms with Crippen LogP contribution in [0.2, 0.25) is 5.02 Å². The summed E-state index contributed by atoms with van der Waals surface area (Å²) < 4.78 is 6.70. The smallest absolute Gasteiger partial charge is 0.280 e. The lowest BCUT2D eigenvalue weighted by Crippen LogP contribution is -2.36. The van der Waals surface area contributed by atoms with Crippen LogP contribution in [0.3, 0.4) is 0 Å². The number of fused-ring (bicyclic) bond motifs is 2. The third-order valence-electron chi connectivity index (χ3n) is 7.17. The number of nitrogens with two attached hydrogens (primary N) is 1. The molecule has 0 radical (unpaired) electrons. The number of halogens is 1. The summed E-state index contributed by atoms with van der Waals surface area (Å²) in [5, 5.41) is 1.44. The molecule has 1 unspecified atom stereocenters. The molecule has 1 saturated heterocycles. The number of morpholine rings is 1. The van der Waals surface area contributed by atoms with Crippen LogP contribution in [0.5, 0.6) is 0 Å². The largest absolute Gasteiger partial charge is 0.378 e. The first kappa shape index (κ1) is 23.6. The number of H-pyrrole nitrogens is 1. The number of aromatic nitrogens is 3. The maximum Gasteiger partial charge on any atom is 0.280 e. The van der Waals surface area contributed by atoms with Crippen LogP contribution >= 0.6 is 11.6 Å². The number of rotatable bonds is 5. The molecule has 7 nitrogen and oxygen atoms in total. The molecule has 1 atom stereocenters. The molecule has 0 aliphatic carbocycles. The molecule has 2 aromatic heterocycles. The molecule has 37 heavy (non-hydrogen) atoms. The van der Waals surface area contributed by atoms with Gasteiger partial charge >= 0.3 is 0 Å². The molecule has 1 aliphatic heterocycles. The molecular weight excluding hydrogens is 486 g/mol. The summed E-state index contributed by atoms with van der Waals surface area (Å²) in [7, 11) is 0. The van der Waals surface area contributed by atoms with E-state index in [-0.39, 0.29) is 11.5 Å². The van der Waals surface area contributed by atoms with Gasteiger partial charge in [0.1, 0.15) is 5.82 Å². The number of benzene rings is 3. The standard InChI is InChI=1S/C29H28ClN5O2/c1-18(15-19-5-3-2-4-6-19)26-22-16-20(30)7-10-25(22)35(31)29(36)27(26)28-32-23-9-8-21(17-24(23)33-28)34-11-13-37-14-12-34/h2-10,16-18H,11-15,31H2,1H3,(H,32,33). The number of pyridine rings is 1. The molecule has 1 fully saturated rings. The molecule has 0 saturated carbocycles. The number of anilines is 1. The Bertz CT molecular complexity index is 1650. The normalized spacial score (nSPS) is 14.9. The highest BCUT2D eigenvalue weighted by atomic mass is 35.5. The molecule has 0 spiro atoms. The Kier molecular flexibility index (Phi) is 6.10. The van der Waals surface area contributed by atoms with Crippen molar-refractivity contribution >= 4 is 39.2 Å². The lowest BCUT2D eigenvalue weighted by molar-refractivity contribution is 0.122. The molecule has 3 N–H and O–H groups in total. The third-order valence-corrected chi connectivity index (χ3v) is 7.40. The predicted octanol–water partition coefficient (Wildman–Crippen LogP) is 5.09. The lowest BCUT2D eigenvalue weighted by Gasteiger charge is -2.28. The number of hydrogen-bond donors (Lipinski definition) is 2. The van der Waals surface area contributed by atoms with Crippen molar-refractivity contribution in [1.82, 2.24) is 14.6 Å². The van der Waals surface area contributed by atoms with E-state index in [1.165, 1.54) is 10.2 Å². The van der Waals surface area contributed by atoms with Gasteiger partial charge in [0.2, 0.25) is 0 Å². The molecule has 3 aromatic carbocycles. The second kappa shape index (κ2) is 9.57. The molecule has 188 valence electrons. The van der Waals surface area contributed by atoms with E-state index < -0.39 is 0 Å². The van der Waals surface area contributed by atoms with E-state index in [2.05, 4.69) is 41.1 Å². The van der Waals surface area contributed by atoms with Gasteiger partial charge in [-0.1, -0.05) is 48.9 Å². The predicted molar refractivity (Wildman–Crippen MR) is 150 cm³/mol. The Balaban J connectivity index is 1.54. The summed E-state index contributed by atoms with van der Waals surface area (Å²) in [5.74, 6) is 6.86. The third kappa shape index (κ3) is 4.34. The maximum absolute atomic E-state index is 13.8. The molecular formula is C29H28ClN5O2. The topological polar surface area (TPSA) is 89.2 Å². The molecule has 0 amide bonds. The number of nitrogens with zero attached hydrogens (tertiary/aromatic N) is 3. The van der Waals surface area contributed by atoms with Crippen molar-refractivity contribution < 1.29 is 4.74 Å². The molecule has 8 heteroatoms. The second-order valence-electron chi connectivity index (χ2n) is 9.60. The van der Waals surface area contributed by atoms with Gasteiger partial charge in [0.05, 0.1) is 35.3 Å². The Morgan fingerprint density at radius 1 is 1.08 bits per heavy atom. The van der Waals surface area contributed by atoms with Crippen LogP contribution in [-0.2, 0) is 11.2 Å². The van der Waals surface area contributed by atoms with E-state index in [0.29, 0.717) is 35.1 Å². The molecule has 3 heterocycles. The van der Waals surface area contributed by atoms with Crippen molar-refractivity contribution in [2.45, 2.75) is 19.3 Å². The van der Waals surface area contributed by atoms with Gasteiger partial charge in [-0.05, 0) is 59.9 Å². The average molecular weight is 514 g/mol. The van der Waals surface area contributed by atoms with Crippen molar-refractivity contribution in [3.8, 4) is 11.4 Å². The molecule has 1 aliphatic rings. The summed E-state index contributed by atoms with van der Waals surface area (Å²) >= 11 is 6.44. The summed E-state index contributed by atoms with van der Waals surface area (Å²) in [6.45, 7) is 5.24. The first-order valence-electron chi connectivity index (χ1n) is 12.5.